The van der Waals surface area contributed by atoms with Crippen molar-refractivity contribution in [2.75, 3.05) is 0 Å². The van der Waals surface area contributed by atoms with Crippen molar-refractivity contribution >= 4 is 10.9 Å². The summed E-state index contributed by atoms with van der Waals surface area (Å²) >= 11 is 0. The van der Waals surface area contributed by atoms with Gasteiger partial charge in [-0.2, -0.15) is 0 Å². The van der Waals surface area contributed by atoms with E-state index in [1.54, 1.807) is 6.20 Å². The van der Waals surface area contributed by atoms with Crippen LogP contribution in [0.25, 0.3) is 10.9 Å². The molecule has 96 valence electrons. The minimum absolute atomic E-state index is 0.0776. The van der Waals surface area contributed by atoms with Crippen LogP contribution in [-0.4, -0.2) is 14.7 Å². The summed E-state index contributed by atoms with van der Waals surface area (Å²) in [5.74, 6) is 0. The monoisotopic (exact) mass is 252 g/mol. The predicted octanol–water partition coefficient (Wildman–Crippen LogP) is 2.77. The van der Waals surface area contributed by atoms with Crippen molar-refractivity contribution in [3.63, 3.8) is 0 Å². The molecule has 0 amide bonds. The molecular formula is C16H16N2O. The van der Waals surface area contributed by atoms with Gasteiger partial charge in [-0.05, 0) is 29.5 Å². The first-order valence-corrected chi connectivity index (χ1v) is 6.45. The molecule has 2 heterocycles. The van der Waals surface area contributed by atoms with Gasteiger partial charge in [0.05, 0.1) is 12.1 Å². The Bertz CT molecular complexity index is 674. The van der Waals surface area contributed by atoms with Crippen molar-refractivity contribution in [3.8, 4) is 0 Å². The highest BCUT2D eigenvalue weighted by molar-refractivity contribution is 5.83. The van der Waals surface area contributed by atoms with Gasteiger partial charge >= 0.3 is 0 Å². The Hall–Kier alpha value is -2.13. The van der Waals surface area contributed by atoms with Crippen LogP contribution in [-0.2, 0) is 19.6 Å². The van der Waals surface area contributed by atoms with Crippen LogP contribution in [0.5, 0.6) is 0 Å². The lowest BCUT2D eigenvalue weighted by Gasteiger charge is -2.08. The lowest BCUT2D eigenvalue weighted by Crippen LogP contribution is -2.02. The van der Waals surface area contributed by atoms with Crippen LogP contribution in [0.1, 0.15) is 11.1 Å². The molecule has 0 bridgehead atoms. The molecule has 1 aromatic carbocycles. The maximum absolute atomic E-state index is 9.44. The van der Waals surface area contributed by atoms with E-state index in [-0.39, 0.29) is 6.61 Å². The normalized spacial score (nSPS) is 11.0. The van der Waals surface area contributed by atoms with Crippen LogP contribution >= 0.6 is 0 Å². The van der Waals surface area contributed by atoms with Crippen molar-refractivity contribution in [1.82, 2.24) is 9.55 Å². The Morgan fingerprint density at radius 1 is 1.11 bits per heavy atom. The van der Waals surface area contributed by atoms with E-state index in [0.29, 0.717) is 0 Å². The molecule has 0 spiro atoms. The minimum Gasteiger partial charge on any atom is -0.392 e. The third kappa shape index (κ3) is 2.37. The number of aromatic nitrogens is 2. The molecule has 0 atom stereocenters. The van der Waals surface area contributed by atoms with Gasteiger partial charge in [0.2, 0.25) is 0 Å². The number of nitrogens with zero attached hydrogens (tertiary/aromatic N) is 2. The molecule has 0 fully saturated rings. The van der Waals surface area contributed by atoms with E-state index in [1.165, 1.54) is 10.9 Å². The van der Waals surface area contributed by atoms with Crippen LogP contribution in [0, 0.1) is 0 Å². The third-order valence-corrected chi connectivity index (χ3v) is 3.41. The molecule has 0 aliphatic heterocycles. The average Bonchev–Trinajstić information content (AvgIpc) is 2.89. The van der Waals surface area contributed by atoms with Crippen molar-refractivity contribution in [3.05, 3.63) is 66.1 Å². The lowest BCUT2D eigenvalue weighted by molar-refractivity contribution is 0.283. The van der Waals surface area contributed by atoms with Gasteiger partial charge in [-0.1, -0.05) is 24.3 Å². The molecule has 0 aliphatic carbocycles. The second-order valence-electron chi connectivity index (χ2n) is 4.63. The lowest BCUT2D eigenvalue weighted by atomic mass is 10.1. The number of pyridine rings is 1. The molecule has 0 unspecified atom stereocenters. The van der Waals surface area contributed by atoms with E-state index < -0.39 is 0 Å². The summed E-state index contributed by atoms with van der Waals surface area (Å²) in [7, 11) is 0. The Kier molecular flexibility index (Phi) is 3.29. The molecule has 0 saturated carbocycles. The number of aryl methyl sites for hydroxylation is 2. The van der Waals surface area contributed by atoms with Gasteiger partial charge in [-0.15, -0.1) is 0 Å². The topological polar surface area (TPSA) is 38.0 Å². The second kappa shape index (κ2) is 5.24. The Balaban J connectivity index is 1.89. The van der Waals surface area contributed by atoms with Gasteiger partial charge in [-0.3, -0.25) is 4.98 Å². The highest BCUT2D eigenvalue weighted by atomic mass is 16.3. The number of fused-ring (bicyclic) bond motifs is 1. The van der Waals surface area contributed by atoms with Gasteiger partial charge in [0.1, 0.15) is 0 Å². The van der Waals surface area contributed by atoms with Crippen molar-refractivity contribution in [1.29, 1.82) is 0 Å². The number of rotatable bonds is 4. The van der Waals surface area contributed by atoms with Crippen LogP contribution in [0.15, 0.2) is 55.0 Å². The van der Waals surface area contributed by atoms with Crippen LogP contribution in [0.2, 0.25) is 0 Å². The number of hydrogen-bond acceptors (Lipinski definition) is 2. The zero-order valence-corrected chi connectivity index (χ0v) is 10.7. The second-order valence-corrected chi connectivity index (χ2v) is 4.63. The van der Waals surface area contributed by atoms with Crippen molar-refractivity contribution < 1.29 is 5.11 Å². The van der Waals surface area contributed by atoms with Crippen molar-refractivity contribution in [2.45, 2.75) is 19.6 Å². The molecular weight excluding hydrogens is 236 g/mol. The Labute approximate surface area is 112 Å². The van der Waals surface area contributed by atoms with E-state index in [9.17, 15) is 5.11 Å². The highest BCUT2D eigenvalue weighted by Crippen LogP contribution is 2.20. The highest BCUT2D eigenvalue weighted by Gasteiger charge is 2.05. The fourth-order valence-electron chi connectivity index (χ4n) is 2.45. The average molecular weight is 252 g/mol. The summed E-state index contributed by atoms with van der Waals surface area (Å²) in [5, 5.41) is 10.6. The van der Waals surface area contributed by atoms with Gasteiger partial charge in [0.25, 0.3) is 0 Å². The first-order chi connectivity index (χ1) is 9.38. The SMILES string of the molecule is OCc1cccc2ccn(CCc3cccnc3)c12. The maximum atomic E-state index is 9.44. The molecule has 3 rings (SSSR count). The van der Waals surface area contributed by atoms with Crippen LogP contribution in [0.3, 0.4) is 0 Å². The van der Waals surface area contributed by atoms with E-state index >= 15 is 0 Å². The minimum atomic E-state index is 0.0776. The molecule has 3 heteroatoms. The molecule has 1 N–H and O–H groups in total. The summed E-state index contributed by atoms with van der Waals surface area (Å²) in [4.78, 5) is 4.13. The van der Waals surface area contributed by atoms with Gasteiger partial charge in [0, 0.05) is 30.7 Å². The smallest absolute Gasteiger partial charge is 0.0702 e. The first kappa shape index (κ1) is 11.9. The zero-order chi connectivity index (χ0) is 13.1. The van der Waals surface area contributed by atoms with E-state index in [1.807, 2.05) is 24.4 Å². The summed E-state index contributed by atoms with van der Waals surface area (Å²) in [6, 6.07) is 12.2. The molecule has 0 radical (unpaired) electrons. The Morgan fingerprint density at radius 3 is 2.84 bits per heavy atom. The van der Waals surface area contributed by atoms with Crippen LogP contribution in [0.4, 0.5) is 0 Å². The summed E-state index contributed by atoms with van der Waals surface area (Å²) < 4.78 is 2.20. The summed E-state index contributed by atoms with van der Waals surface area (Å²) in [6.07, 6.45) is 6.72. The van der Waals surface area contributed by atoms with Crippen molar-refractivity contribution in [2.24, 2.45) is 0 Å². The molecule has 3 nitrogen and oxygen atoms in total. The number of benzene rings is 1. The number of aliphatic hydroxyl groups is 1. The quantitative estimate of drug-likeness (QED) is 0.775. The van der Waals surface area contributed by atoms with E-state index in [2.05, 4.69) is 33.9 Å². The summed E-state index contributed by atoms with van der Waals surface area (Å²) in [6.45, 7) is 0.973. The Morgan fingerprint density at radius 2 is 2.05 bits per heavy atom. The maximum Gasteiger partial charge on any atom is 0.0702 e. The summed E-state index contributed by atoms with van der Waals surface area (Å²) in [5.41, 5.74) is 3.34. The first-order valence-electron chi connectivity index (χ1n) is 6.45. The molecule has 3 aromatic rings. The van der Waals surface area contributed by atoms with Gasteiger partial charge in [-0.25, -0.2) is 0 Å². The van der Waals surface area contributed by atoms with Gasteiger partial charge < -0.3 is 9.67 Å². The number of aliphatic hydroxyl groups excluding tert-OH is 1. The predicted molar refractivity (Wildman–Crippen MR) is 75.8 cm³/mol. The number of hydrogen-bond donors (Lipinski definition) is 1. The standard InChI is InChI=1S/C16H16N2O/c19-12-15-5-1-4-14-7-10-18(16(14)15)9-6-13-3-2-8-17-11-13/h1-5,7-8,10-11,19H,6,9,12H2. The molecule has 0 saturated heterocycles. The number of para-hydroxylation sites is 1. The third-order valence-electron chi connectivity index (χ3n) is 3.41. The fraction of sp³-hybridized carbons (Fsp3) is 0.188. The van der Waals surface area contributed by atoms with E-state index in [0.717, 1.165) is 24.0 Å². The zero-order valence-electron chi connectivity index (χ0n) is 10.7. The fourth-order valence-corrected chi connectivity index (χ4v) is 2.45. The molecule has 2 aromatic heterocycles. The molecule has 19 heavy (non-hydrogen) atoms. The molecule has 0 aliphatic rings. The van der Waals surface area contributed by atoms with Gasteiger partial charge in [0.15, 0.2) is 0 Å². The van der Waals surface area contributed by atoms with Crippen LogP contribution < -0.4 is 0 Å². The van der Waals surface area contributed by atoms with E-state index in [4.69, 9.17) is 0 Å². The largest absolute Gasteiger partial charge is 0.392 e.